The molecule has 0 atom stereocenters. The topological polar surface area (TPSA) is 49.4 Å². The van der Waals surface area contributed by atoms with Crippen LogP contribution < -0.4 is 5.32 Å². The monoisotopic (exact) mass is 362 g/mol. The van der Waals surface area contributed by atoms with Crippen LogP contribution in [0.15, 0.2) is 49.1 Å². The molecular weight excluding hydrogens is 345 g/mol. The molecule has 136 valence electrons. The van der Waals surface area contributed by atoms with Gasteiger partial charge in [0.1, 0.15) is 0 Å². The van der Waals surface area contributed by atoms with Crippen molar-refractivity contribution in [3.8, 4) is 0 Å². The van der Waals surface area contributed by atoms with Gasteiger partial charge in [-0.1, -0.05) is 18.7 Å². The Kier molecular flexibility index (Phi) is 6.16. The number of anilines is 1. The first-order valence-corrected chi connectivity index (χ1v) is 7.70. The molecule has 0 aliphatic heterocycles. The van der Waals surface area contributed by atoms with Crippen molar-refractivity contribution in [3.05, 3.63) is 77.6 Å². The minimum atomic E-state index is -1.54. The largest absolute Gasteiger partial charge is 0.341 e. The maximum Gasteiger partial charge on any atom is 0.247 e. The number of carbonyl (C=O) groups excluding carboxylic acids is 2. The van der Waals surface area contributed by atoms with Crippen molar-refractivity contribution in [2.45, 2.75) is 13.0 Å². The van der Waals surface area contributed by atoms with Crippen molar-refractivity contribution in [1.82, 2.24) is 4.90 Å². The molecule has 0 aliphatic rings. The van der Waals surface area contributed by atoms with Crippen LogP contribution >= 0.6 is 0 Å². The molecule has 2 amide bonds. The maximum atomic E-state index is 13.2. The van der Waals surface area contributed by atoms with Gasteiger partial charge in [0.15, 0.2) is 17.5 Å². The van der Waals surface area contributed by atoms with E-state index in [0.717, 1.165) is 18.2 Å². The van der Waals surface area contributed by atoms with Gasteiger partial charge in [0, 0.05) is 19.3 Å². The van der Waals surface area contributed by atoms with Gasteiger partial charge in [-0.05, 0) is 41.5 Å². The summed E-state index contributed by atoms with van der Waals surface area (Å²) in [5, 5.41) is 2.59. The Labute approximate surface area is 148 Å². The summed E-state index contributed by atoms with van der Waals surface area (Å²) in [7, 11) is 1.49. The Hall–Kier alpha value is -3.09. The van der Waals surface area contributed by atoms with E-state index in [1.165, 1.54) is 11.9 Å². The molecule has 0 fully saturated rings. The third-order valence-corrected chi connectivity index (χ3v) is 3.65. The summed E-state index contributed by atoms with van der Waals surface area (Å²) < 4.78 is 39.4. The first-order chi connectivity index (χ1) is 12.3. The number of hydrogen-bond acceptors (Lipinski definition) is 2. The van der Waals surface area contributed by atoms with Crippen LogP contribution in [0.25, 0.3) is 0 Å². The van der Waals surface area contributed by atoms with Crippen LogP contribution in [0, 0.1) is 17.5 Å². The molecule has 0 spiro atoms. The fraction of sp³-hybridized carbons (Fsp3) is 0.158. The Balaban J connectivity index is 1.98. The zero-order valence-corrected chi connectivity index (χ0v) is 14.1. The molecule has 0 saturated heterocycles. The highest BCUT2D eigenvalue weighted by Gasteiger charge is 2.14. The fourth-order valence-corrected chi connectivity index (χ4v) is 2.27. The van der Waals surface area contributed by atoms with Crippen LogP contribution in [-0.2, 0) is 22.6 Å². The van der Waals surface area contributed by atoms with E-state index in [0.29, 0.717) is 11.3 Å². The molecule has 4 nitrogen and oxygen atoms in total. The van der Waals surface area contributed by atoms with E-state index in [9.17, 15) is 22.8 Å². The predicted octanol–water partition coefficient (Wildman–Crippen LogP) is 3.43. The molecular formula is C19H17F3N2O2. The van der Waals surface area contributed by atoms with Crippen LogP contribution in [0.2, 0.25) is 0 Å². The summed E-state index contributed by atoms with van der Waals surface area (Å²) in [5.41, 5.74) is 1.42. The number of nitrogens with one attached hydrogen (secondary N) is 1. The number of nitrogens with zero attached hydrogens (tertiary/aromatic N) is 1. The molecule has 0 radical (unpaired) electrons. The number of carbonyl (C=O) groups is 2. The number of benzene rings is 2. The second-order valence-electron chi connectivity index (χ2n) is 5.69. The van der Waals surface area contributed by atoms with Gasteiger partial charge in [-0.25, -0.2) is 13.2 Å². The van der Waals surface area contributed by atoms with E-state index in [2.05, 4.69) is 11.9 Å². The summed E-state index contributed by atoms with van der Waals surface area (Å²) in [6.45, 7) is 3.30. The number of likely N-dealkylation sites (N-methyl/N-ethyl adjacent to an activating group) is 1. The van der Waals surface area contributed by atoms with Gasteiger partial charge >= 0.3 is 0 Å². The zero-order valence-electron chi connectivity index (χ0n) is 14.1. The average Bonchev–Trinajstić information content (AvgIpc) is 2.61. The highest BCUT2D eigenvalue weighted by molar-refractivity contribution is 5.98. The Morgan fingerprint density at radius 1 is 1.08 bits per heavy atom. The van der Waals surface area contributed by atoms with Crippen molar-refractivity contribution < 1.29 is 22.8 Å². The first kappa shape index (κ1) is 19.2. The van der Waals surface area contributed by atoms with Crippen LogP contribution in [-0.4, -0.2) is 23.8 Å². The van der Waals surface area contributed by atoms with Gasteiger partial charge < -0.3 is 10.2 Å². The van der Waals surface area contributed by atoms with Gasteiger partial charge in [0.25, 0.3) is 0 Å². The lowest BCUT2D eigenvalue weighted by Crippen LogP contribution is -2.27. The van der Waals surface area contributed by atoms with Gasteiger partial charge in [0.2, 0.25) is 11.8 Å². The van der Waals surface area contributed by atoms with Gasteiger partial charge in [-0.15, -0.1) is 0 Å². The molecule has 2 rings (SSSR count). The quantitative estimate of drug-likeness (QED) is 0.632. The normalized spacial score (nSPS) is 10.3. The summed E-state index contributed by atoms with van der Waals surface area (Å²) in [5.74, 6) is -4.74. The summed E-state index contributed by atoms with van der Waals surface area (Å²) in [6.07, 6.45) is 1.21. The van der Waals surface area contributed by atoms with Crippen LogP contribution in [0.3, 0.4) is 0 Å². The minimum Gasteiger partial charge on any atom is -0.341 e. The van der Waals surface area contributed by atoms with E-state index in [1.807, 2.05) is 0 Å². The standard InChI is InChI=1S/C19H17F3N2O2/c1-3-17(25)23-14-6-4-12(5-7-14)10-18(26)24(2)11-13-8-15(20)19(22)16(21)9-13/h3-9H,1,10-11H2,2H3,(H,23,25). The lowest BCUT2D eigenvalue weighted by Gasteiger charge is -2.18. The first-order valence-electron chi connectivity index (χ1n) is 7.70. The summed E-state index contributed by atoms with van der Waals surface area (Å²) >= 11 is 0. The van der Waals surface area contributed by atoms with Crippen molar-refractivity contribution in [3.63, 3.8) is 0 Å². The maximum absolute atomic E-state index is 13.2. The number of amides is 2. The lowest BCUT2D eigenvalue weighted by molar-refractivity contribution is -0.129. The molecule has 2 aromatic rings. The molecule has 2 aromatic carbocycles. The molecule has 1 N–H and O–H groups in total. The number of hydrogen-bond donors (Lipinski definition) is 1. The Morgan fingerprint density at radius 2 is 1.65 bits per heavy atom. The second kappa shape index (κ2) is 8.33. The van der Waals surface area contributed by atoms with Crippen molar-refractivity contribution >= 4 is 17.5 Å². The number of halogens is 3. The molecule has 0 aromatic heterocycles. The van der Waals surface area contributed by atoms with Gasteiger partial charge in [0.05, 0.1) is 6.42 Å². The summed E-state index contributed by atoms with van der Waals surface area (Å²) in [4.78, 5) is 24.7. The second-order valence-corrected chi connectivity index (χ2v) is 5.69. The average molecular weight is 362 g/mol. The molecule has 26 heavy (non-hydrogen) atoms. The highest BCUT2D eigenvalue weighted by Crippen LogP contribution is 2.16. The van der Waals surface area contributed by atoms with E-state index < -0.39 is 17.5 Å². The Bertz CT molecular complexity index is 812. The molecule has 0 unspecified atom stereocenters. The lowest BCUT2D eigenvalue weighted by atomic mass is 10.1. The predicted molar refractivity (Wildman–Crippen MR) is 91.8 cm³/mol. The van der Waals surface area contributed by atoms with Crippen molar-refractivity contribution in [1.29, 1.82) is 0 Å². The highest BCUT2D eigenvalue weighted by atomic mass is 19.2. The number of rotatable bonds is 6. The van der Waals surface area contributed by atoms with Crippen molar-refractivity contribution in [2.75, 3.05) is 12.4 Å². The smallest absolute Gasteiger partial charge is 0.247 e. The van der Waals surface area contributed by atoms with Gasteiger partial charge in [-0.3, -0.25) is 9.59 Å². The van der Waals surface area contributed by atoms with Crippen LogP contribution in [0.4, 0.5) is 18.9 Å². The SMILES string of the molecule is C=CC(=O)Nc1ccc(CC(=O)N(C)Cc2cc(F)c(F)c(F)c2)cc1. The van der Waals surface area contributed by atoms with E-state index >= 15 is 0 Å². The third kappa shape index (κ3) is 4.95. The van der Waals surface area contributed by atoms with Crippen LogP contribution in [0.1, 0.15) is 11.1 Å². The fourth-order valence-electron chi connectivity index (χ4n) is 2.27. The van der Waals surface area contributed by atoms with Crippen molar-refractivity contribution in [2.24, 2.45) is 0 Å². The Morgan fingerprint density at radius 3 is 2.19 bits per heavy atom. The molecule has 0 aliphatic carbocycles. The van der Waals surface area contributed by atoms with E-state index in [1.54, 1.807) is 24.3 Å². The minimum absolute atomic E-state index is 0.0551. The summed E-state index contributed by atoms with van der Waals surface area (Å²) in [6, 6.07) is 8.38. The van der Waals surface area contributed by atoms with Gasteiger partial charge in [-0.2, -0.15) is 0 Å². The third-order valence-electron chi connectivity index (χ3n) is 3.65. The van der Waals surface area contributed by atoms with Crippen LogP contribution in [0.5, 0.6) is 0 Å². The molecule has 0 bridgehead atoms. The molecule has 0 heterocycles. The zero-order chi connectivity index (χ0) is 19.3. The van der Waals surface area contributed by atoms with E-state index in [-0.39, 0.29) is 30.3 Å². The molecule has 7 heteroatoms. The molecule has 0 saturated carbocycles. The van der Waals surface area contributed by atoms with E-state index in [4.69, 9.17) is 0 Å².